The highest BCUT2D eigenvalue weighted by Crippen LogP contribution is 2.37. The van der Waals surface area contributed by atoms with Crippen molar-refractivity contribution in [3.63, 3.8) is 0 Å². The minimum absolute atomic E-state index is 0.0410. The van der Waals surface area contributed by atoms with Gasteiger partial charge in [0.2, 0.25) is 5.91 Å². The molecule has 1 heterocycles. The third-order valence-electron chi connectivity index (χ3n) is 5.23. The third-order valence-corrected chi connectivity index (χ3v) is 7.30. The molecule has 1 N–H and O–H groups in total. The first kappa shape index (κ1) is 25.4. The molecule has 190 valence electrons. The number of nitrogens with one attached hydrogen (secondary N) is 1. The number of nitrogens with zero attached hydrogens (tertiary/aromatic N) is 1. The van der Waals surface area contributed by atoms with E-state index in [0.29, 0.717) is 12.4 Å². The molecule has 0 atom stereocenters. The molecule has 1 aliphatic heterocycles. The molecular weight excluding hydrogens is 515 g/mol. The molecule has 0 radical (unpaired) electrons. The van der Waals surface area contributed by atoms with Crippen molar-refractivity contribution in [3.05, 3.63) is 65.4 Å². The van der Waals surface area contributed by atoms with E-state index in [1.165, 1.54) is 62.8 Å². The zero-order valence-electron chi connectivity index (χ0n) is 19.3. The summed E-state index contributed by atoms with van der Waals surface area (Å²) in [6, 6.07) is 11.9. The minimum Gasteiger partial charge on any atom is -0.495 e. The SMILES string of the molecule is COc1cc(NC(=O)CN(c2cccc(F)c2)S(=O)(=O)c2ccc3c(c2)OCCO3)c(OC)cc1Cl. The van der Waals surface area contributed by atoms with Crippen molar-refractivity contribution in [1.29, 1.82) is 0 Å². The van der Waals surface area contributed by atoms with Crippen LogP contribution in [0.5, 0.6) is 23.0 Å². The quantitative estimate of drug-likeness (QED) is 0.462. The monoisotopic (exact) mass is 536 g/mol. The molecule has 0 aliphatic carbocycles. The van der Waals surface area contributed by atoms with Gasteiger partial charge in [-0.2, -0.15) is 0 Å². The lowest BCUT2D eigenvalue weighted by atomic mass is 10.2. The Morgan fingerprint density at radius 3 is 2.44 bits per heavy atom. The summed E-state index contributed by atoms with van der Waals surface area (Å²) in [5.74, 6) is -0.217. The molecule has 3 aromatic rings. The van der Waals surface area contributed by atoms with Gasteiger partial charge in [-0.15, -0.1) is 0 Å². The van der Waals surface area contributed by atoms with Crippen LogP contribution in [0.25, 0.3) is 0 Å². The molecular formula is C24H22ClFN2O7S. The normalized spacial score (nSPS) is 12.6. The largest absolute Gasteiger partial charge is 0.495 e. The van der Waals surface area contributed by atoms with Gasteiger partial charge in [-0.05, 0) is 30.3 Å². The molecule has 9 nitrogen and oxygen atoms in total. The molecule has 0 saturated carbocycles. The second kappa shape index (κ2) is 10.5. The van der Waals surface area contributed by atoms with E-state index in [0.717, 1.165) is 10.4 Å². The van der Waals surface area contributed by atoms with E-state index in [2.05, 4.69) is 5.32 Å². The van der Waals surface area contributed by atoms with Gasteiger partial charge < -0.3 is 24.3 Å². The molecule has 0 saturated heterocycles. The molecule has 36 heavy (non-hydrogen) atoms. The molecule has 1 amide bonds. The van der Waals surface area contributed by atoms with Crippen LogP contribution in [0.4, 0.5) is 15.8 Å². The van der Waals surface area contributed by atoms with Crippen LogP contribution >= 0.6 is 11.6 Å². The summed E-state index contributed by atoms with van der Waals surface area (Å²) in [5, 5.41) is 2.86. The number of methoxy groups -OCH3 is 2. The maximum atomic E-state index is 14.0. The fourth-order valence-electron chi connectivity index (χ4n) is 3.54. The molecule has 4 rings (SSSR count). The topological polar surface area (TPSA) is 103 Å². The van der Waals surface area contributed by atoms with Crippen LogP contribution in [-0.4, -0.2) is 48.3 Å². The number of benzene rings is 3. The van der Waals surface area contributed by atoms with Gasteiger partial charge in [0.1, 0.15) is 37.1 Å². The number of amides is 1. The number of carbonyl (C=O) groups excluding carboxylic acids is 1. The summed E-state index contributed by atoms with van der Waals surface area (Å²) in [6.07, 6.45) is 0. The fraction of sp³-hybridized carbons (Fsp3) is 0.208. The lowest BCUT2D eigenvalue weighted by Crippen LogP contribution is -2.38. The van der Waals surface area contributed by atoms with Crippen LogP contribution in [0.15, 0.2) is 59.5 Å². The maximum absolute atomic E-state index is 14.0. The number of sulfonamides is 1. The lowest BCUT2D eigenvalue weighted by Gasteiger charge is -2.25. The second-order valence-corrected chi connectivity index (χ2v) is 9.80. The highest BCUT2D eigenvalue weighted by atomic mass is 35.5. The van der Waals surface area contributed by atoms with E-state index in [4.69, 9.17) is 30.5 Å². The number of hydrogen-bond donors (Lipinski definition) is 1. The third kappa shape index (κ3) is 5.26. The number of anilines is 2. The molecule has 0 fully saturated rings. The van der Waals surface area contributed by atoms with Gasteiger partial charge >= 0.3 is 0 Å². The highest BCUT2D eigenvalue weighted by molar-refractivity contribution is 7.92. The molecule has 1 aliphatic rings. The predicted octanol–water partition coefficient (Wildman–Crippen LogP) is 4.10. The Morgan fingerprint density at radius 2 is 1.75 bits per heavy atom. The average molecular weight is 537 g/mol. The number of ether oxygens (including phenoxy) is 4. The summed E-state index contributed by atoms with van der Waals surface area (Å²) >= 11 is 6.11. The van der Waals surface area contributed by atoms with Crippen molar-refractivity contribution in [2.75, 3.05) is 43.6 Å². The van der Waals surface area contributed by atoms with Crippen LogP contribution in [0.1, 0.15) is 0 Å². The summed E-state index contributed by atoms with van der Waals surface area (Å²) in [5.41, 5.74) is 0.167. The Bertz CT molecular complexity index is 1400. The van der Waals surface area contributed by atoms with Crippen molar-refractivity contribution >= 4 is 38.9 Å². The number of halogens is 2. The van der Waals surface area contributed by atoms with Crippen LogP contribution in [0.2, 0.25) is 5.02 Å². The molecule has 0 bridgehead atoms. The van der Waals surface area contributed by atoms with Crippen molar-refractivity contribution in [3.8, 4) is 23.0 Å². The second-order valence-electron chi connectivity index (χ2n) is 7.53. The van der Waals surface area contributed by atoms with Gasteiger partial charge in [-0.1, -0.05) is 17.7 Å². The number of rotatable bonds is 8. The van der Waals surface area contributed by atoms with Crippen LogP contribution in [0, 0.1) is 5.82 Å². The van der Waals surface area contributed by atoms with E-state index >= 15 is 0 Å². The maximum Gasteiger partial charge on any atom is 0.264 e. The van der Waals surface area contributed by atoms with E-state index in [9.17, 15) is 17.6 Å². The van der Waals surface area contributed by atoms with E-state index < -0.39 is 28.3 Å². The van der Waals surface area contributed by atoms with Gasteiger partial charge in [-0.25, -0.2) is 12.8 Å². The van der Waals surface area contributed by atoms with Crippen LogP contribution in [0.3, 0.4) is 0 Å². The summed E-state index contributed by atoms with van der Waals surface area (Å²) in [4.78, 5) is 12.9. The van der Waals surface area contributed by atoms with Crippen LogP contribution < -0.4 is 28.6 Å². The van der Waals surface area contributed by atoms with Crippen molar-refractivity contribution in [2.24, 2.45) is 0 Å². The van der Waals surface area contributed by atoms with Gasteiger partial charge in [0.05, 0.1) is 35.5 Å². The Labute approximate surface area is 212 Å². The molecule has 0 spiro atoms. The first-order chi connectivity index (χ1) is 17.2. The minimum atomic E-state index is -4.33. The van der Waals surface area contributed by atoms with E-state index in [-0.39, 0.29) is 45.1 Å². The number of fused-ring (bicyclic) bond motifs is 1. The summed E-state index contributed by atoms with van der Waals surface area (Å²) in [6.45, 7) is -0.0686. The number of carbonyl (C=O) groups is 1. The van der Waals surface area contributed by atoms with Crippen molar-refractivity contribution in [2.45, 2.75) is 4.90 Å². The van der Waals surface area contributed by atoms with Crippen LogP contribution in [-0.2, 0) is 14.8 Å². The Kier molecular flexibility index (Phi) is 7.41. The molecule has 0 aromatic heterocycles. The van der Waals surface area contributed by atoms with Crippen molar-refractivity contribution in [1.82, 2.24) is 0 Å². The molecule has 0 unspecified atom stereocenters. The van der Waals surface area contributed by atoms with Gasteiger partial charge in [0.15, 0.2) is 11.5 Å². The van der Waals surface area contributed by atoms with Gasteiger partial charge in [0, 0.05) is 18.2 Å². The molecule has 12 heteroatoms. The smallest absolute Gasteiger partial charge is 0.264 e. The van der Waals surface area contributed by atoms with Gasteiger partial charge in [0.25, 0.3) is 10.0 Å². The zero-order chi connectivity index (χ0) is 25.9. The lowest BCUT2D eigenvalue weighted by molar-refractivity contribution is -0.114. The van der Waals surface area contributed by atoms with E-state index in [1.54, 1.807) is 0 Å². The van der Waals surface area contributed by atoms with E-state index in [1.807, 2.05) is 0 Å². The summed E-state index contributed by atoms with van der Waals surface area (Å²) in [7, 11) is -1.54. The first-order valence-electron chi connectivity index (χ1n) is 10.6. The number of hydrogen-bond acceptors (Lipinski definition) is 7. The van der Waals surface area contributed by atoms with Crippen molar-refractivity contribution < 1.29 is 36.6 Å². The Balaban J connectivity index is 1.69. The first-order valence-corrected chi connectivity index (χ1v) is 12.4. The Hall–Kier alpha value is -3.70. The van der Waals surface area contributed by atoms with Gasteiger partial charge in [-0.3, -0.25) is 9.10 Å². The average Bonchev–Trinajstić information content (AvgIpc) is 2.87. The fourth-order valence-corrected chi connectivity index (χ4v) is 5.20. The predicted molar refractivity (Wildman–Crippen MR) is 132 cm³/mol. The highest BCUT2D eigenvalue weighted by Gasteiger charge is 2.29. The Morgan fingerprint density at radius 1 is 1.03 bits per heavy atom. The summed E-state index contributed by atoms with van der Waals surface area (Å²) < 4.78 is 63.5. The standard InChI is InChI=1S/C24H22ClFN2O7S/c1-32-21-13-19(22(33-2)12-18(21)25)27-24(29)14-28(16-5-3-4-15(26)10-16)36(30,31)17-6-7-20-23(11-17)35-9-8-34-20/h3-7,10-13H,8-9,14H2,1-2H3,(H,27,29). The molecule has 3 aromatic carbocycles. The zero-order valence-corrected chi connectivity index (χ0v) is 20.9.